The number of carbonyl (C=O) groups is 2. The number of hydrogen-bond acceptors (Lipinski definition) is 5. The average Bonchev–Trinajstić information content (AvgIpc) is 3.12. The minimum absolute atomic E-state index is 0.118. The van der Waals surface area contributed by atoms with Crippen LogP contribution in [0.5, 0.6) is 0 Å². The third kappa shape index (κ3) is 10.1. The van der Waals surface area contributed by atoms with E-state index in [1.807, 2.05) is 72.8 Å². The van der Waals surface area contributed by atoms with Gasteiger partial charge in [0.15, 0.2) is 0 Å². The van der Waals surface area contributed by atoms with Gasteiger partial charge >= 0.3 is 12.2 Å². The molecule has 0 aliphatic rings. The first-order valence-corrected chi connectivity index (χ1v) is 18.6. The zero-order chi connectivity index (χ0) is 35.1. The first-order valence-electron chi connectivity index (χ1n) is 16.7. The highest BCUT2D eigenvalue weighted by molar-refractivity contribution is 6.99. The van der Waals surface area contributed by atoms with Gasteiger partial charge in [-0.1, -0.05) is 142 Å². The molecule has 0 aromatic heterocycles. The minimum atomic E-state index is -2.92. The maximum atomic E-state index is 14.0. The van der Waals surface area contributed by atoms with Crippen molar-refractivity contribution in [2.45, 2.75) is 58.4 Å². The van der Waals surface area contributed by atoms with Gasteiger partial charge in [0.2, 0.25) is 0 Å². The summed E-state index contributed by atoms with van der Waals surface area (Å²) >= 11 is 0. The number of benzene rings is 4. The molecule has 1 unspecified atom stereocenters. The van der Waals surface area contributed by atoms with Crippen molar-refractivity contribution >= 4 is 30.9 Å². The molecule has 0 radical (unpaired) electrons. The zero-order valence-electron chi connectivity index (χ0n) is 29.3. The second kappa shape index (κ2) is 18.1. The fraction of sp³-hybridized carbons (Fsp3) is 0.317. The summed E-state index contributed by atoms with van der Waals surface area (Å²) in [5.74, 6) is 6.19. The Labute approximate surface area is 292 Å². The summed E-state index contributed by atoms with van der Waals surface area (Å²) in [6.07, 6.45) is -0.601. The Morgan fingerprint density at radius 3 is 1.59 bits per heavy atom. The molecule has 4 aromatic carbocycles. The predicted octanol–water partition coefficient (Wildman–Crippen LogP) is 7.25. The molecule has 0 aliphatic heterocycles. The van der Waals surface area contributed by atoms with E-state index in [9.17, 15) is 9.59 Å². The lowest BCUT2D eigenvalue weighted by molar-refractivity contribution is 0.0597. The molecule has 0 spiro atoms. The Morgan fingerprint density at radius 2 is 1.14 bits per heavy atom. The van der Waals surface area contributed by atoms with Crippen molar-refractivity contribution in [2.24, 2.45) is 0 Å². The van der Waals surface area contributed by atoms with Crippen molar-refractivity contribution in [2.75, 3.05) is 26.7 Å². The molecule has 49 heavy (non-hydrogen) atoms. The number of ether oxygens (including phenoxy) is 2. The van der Waals surface area contributed by atoms with Gasteiger partial charge in [-0.3, -0.25) is 0 Å². The summed E-state index contributed by atoms with van der Waals surface area (Å²) in [6, 6.07) is 39.5. The molecule has 256 valence electrons. The van der Waals surface area contributed by atoms with E-state index < -0.39 is 26.5 Å². The quantitative estimate of drug-likeness (QED) is 0.104. The number of hydrogen-bond donors (Lipinski definition) is 0. The second-order valence-electron chi connectivity index (χ2n) is 13.0. The fourth-order valence-corrected chi connectivity index (χ4v) is 10.5. The van der Waals surface area contributed by atoms with Gasteiger partial charge in [-0.15, -0.1) is 11.8 Å². The molecule has 0 saturated heterocycles. The maximum absolute atomic E-state index is 14.0. The highest BCUT2D eigenvalue weighted by Gasteiger charge is 2.50. The van der Waals surface area contributed by atoms with Crippen LogP contribution in [0.2, 0.25) is 5.04 Å². The van der Waals surface area contributed by atoms with E-state index in [0.717, 1.165) is 21.5 Å². The van der Waals surface area contributed by atoms with E-state index in [-0.39, 0.29) is 37.9 Å². The predicted molar refractivity (Wildman–Crippen MR) is 198 cm³/mol. The molecular weight excluding hydrogens is 629 g/mol. The highest BCUT2D eigenvalue weighted by atomic mass is 28.4. The van der Waals surface area contributed by atoms with Gasteiger partial charge in [0, 0.05) is 26.6 Å². The highest BCUT2D eigenvalue weighted by Crippen LogP contribution is 2.37. The summed E-state index contributed by atoms with van der Waals surface area (Å²) in [4.78, 5) is 30.0. The molecular formula is C41H48N2O5Si. The van der Waals surface area contributed by atoms with Crippen LogP contribution in [0, 0.1) is 11.8 Å². The molecule has 4 rings (SSSR count). The van der Waals surface area contributed by atoms with Crippen LogP contribution in [-0.4, -0.2) is 63.1 Å². The van der Waals surface area contributed by atoms with Gasteiger partial charge in [0.05, 0.1) is 12.6 Å². The molecule has 7 nitrogen and oxygen atoms in total. The van der Waals surface area contributed by atoms with Crippen molar-refractivity contribution in [1.82, 2.24) is 9.80 Å². The Bertz CT molecular complexity index is 1610. The number of nitrogens with zero attached hydrogens (tertiary/aromatic N) is 2. The van der Waals surface area contributed by atoms with E-state index in [2.05, 4.69) is 81.1 Å². The van der Waals surface area contributed by atoms with Crippen molar-refractivity contribution in [3.05, 3.63) is 132 Å². The Hall–Kier alpha value is -4.84. The normalized spacial score (nSPS) is 11.9. The van der Waals surface area contributed by atoms with Crippen LogP contribution in [0.4, 0.5) is 9.59 Å². The summed E-state index contributed by atoms with van der Waals surface area (Å²) < 4.78 is 18.7. The number of carbonyl (C=O) groups excluding carboxylic acids is 2. The first-order chi connectivity index (χ1) is 23.7. The van der Waals surface area contributed by atoms with E-state index in [1.165, 1.54) is 4.90 Å². The van der Waals surface area contributed by atoms with Crippen LogP contribution < -0.4 is 10.4 Å². The summed E-state index contributed by atoms with van der Waals surface area (Å²) in [5.41, 5.74) is 1.78. The van der Waals surface area contributed by atoms with Crippen LogP contribution in [0.15, 0.2) is 121 Å². The van der Waals surface area contributed by atoms with Gasteiger partial charge < -0.3 is 23.7 Å². The summed E-state index contributed by atoms with van der Waals surface area (Å²) in [6.45, 7) is 9.39. The summed E-state index contributed by atoms with van der Waals surface area (Å²) in [7, 11) is -1.25. The molecule has 0 heterocycles. The van der Waals surface area contributed by atoms with E-state index in [4.69, 9.17) is 13.9 Å². The van der Waals surface area contributed by atoms with Gasteiger partial charge in [-0.2, -0.15) is 0 Å². The van der Waals surface area contributed by atoms with Gasteiger partial charge in [0.25, 0.3) is 8.32 Å². The van der Waals surface area contributed by atoms with E-state index in [1.54, 1.807) is 18.9 Å². The number of likely N-dealkylation sites (N-methyl/N-ethyl adjacent to an activating group) is 1. The smallest absolute Gasteiger partial charge is 0.410 e. The number of rotatable bonds is 14. The molecule has 2 amide bonds. The topological polar surface area (TPSA) is 68.3 Å². The Morgan fingerprint density at radius 1 is 0.694 bits per heavy atom. The van der Waals surface area contributed by atoms with E-state index >= 15 is 0 Å². The lowest BCUT2D eigenvalue weighted by atomic mass is 10.2. The second-order valence-corrected chi connectivity index (χ2v) is 17.3. The Balaban J connectivity index is 1.62. The molecule has 0 fully saturated rings. The maximum Gasteiger partial charge on any atom is 0.410 e. The monoisotopic (exact) mass is 676 g/mol. The SMILES string of the molecule is CC#CCC(CO[Si](c1ccccc1)(c1ccccc1)C(C)(C)C)N(CCN(C)C(=O)OCc1ccccc1)C(=O)OCc1ccccc1. The molecule has 4 aromatic rings. The van der Waals surface area contributed by atoms with Crippen molar-refractivity contribution in [1.29, 1.82) is 0 Å². The molecule has 1 atom stereocenters. The van der Waals surface area contributed by atoms with Gasteiger partial charge in [0.1, 0.15) is 13.2 Å². The van der Waals surface area contributed by atoms with Gasteiger partial charge in [-0.25, -0.2) is 9.59 Å². The third-order valence-electron chi connectivity index (χ3n) is 8.50. The van der Waals surface area contributed by atoms with Crippen LogP contribution >= 0.6 is 0 Å². The van der Waals surface area contributed by atoms with Crippen molar-refractivity contribution in [3.8, 4) is 11.8 Å². The largest absolute Gasteiger partial charge is 0.445 e. The average molecular weight is 677 g/mol. The Kier molecular flexibility index (Phi) is 13.6. The van der Waals surface area contributed by atoms with Crippen LogP contribution in [0.25, 0.3) is 0 Å². The lowest BCUT2D eigenvalue weighted by Crippen LogP contribution is -2.67. The zero-order valence-corrected chi connectivity index (χ0v) is 30.3. The van der Waals surface area contributed by atoms with E-state index in [0.29, 0.717) is 6.42 Å². The van der Waals surface area contributed by atoms with Crippen molar-refractivity contribution < 1.29 is 23.5 Å². The minimum Gasteiger partial charge on any atom is -0.445 e. The van der Waals surface area contributed by atoms with Crippen molar-refractivity contribution in [3.63, 3.8) is 0 Å². The fourth-order valence-electron chi connectivity index (χ4n) is 5.87. The van der Waals surface area contributed by atoms with Gasteiger partial charge in [-0.05, 0) is 33.5 Å². The first kappa shape index (κ1) is 37.0. The third-order valence-corrected chi connectivity index (χ3v) is 13.5. The molecule has 0 bridgehead atoms. The molecule has 0 N–H and O–H groups in total. The summed E-state index contributed by atoms with van der Waals surface area (Å²) in [5, 5.41) is 2.04. The molecule has 0 aliphatic carbocycles. The number of amides is 2. The standard InChI is InChI=1S/C41H48N2O5Si/c1-6-7-24-36(33-48-49(41(2,3)4,37-25-16-10-17-26-37)38-27-18-11-19-28-38)43(40(45)47-32-35-22-14-9-15-23-35)30-29-42(5)39(44)46-31-34-20-12-8-13-21-34/h8-23,25-28,36H,24,29-33H2,1-5H3. The molecule has 8 heteroatoms. The lowest BCUT2D eigenvalue weighted by Gasteiger charge is -2.44. The van der Waals surface area contributed by atoms with Crippen LogP contribution in [-0.2, 0) is 27.1 Å². The van der Waals surface area contributed by atoms with Crippen LogP contribution in [0.1, 0.15) is 45.2 Å². The van der Waals surface area contributed by atoms with Crippen LogP contribution in [0.3, 0.4) is 0 Å². The molecule has 0 saturated carbocycles.